The van der Waals surface area contributed by atoms with Crippen LogP contribution >= 0.6 is 23.4 Å². The summed E-state index contributed by atoms with van der Waals surface area (Å²) < 4.78 is 0. The molecular formula is C42H51ClN8O3S. The van der Waals surface area contributed by atoms with Gasteiger partial charge in [-0.2, -0.15) is 0 Å². The molecule has 0 fully saturated rings. The predicted molar refractivity (Wildman–Crippen MR) is 220 cm³/mol. The first-order valence-corrected chi connectivity index (χ1v) is 20.3. The predicted octanol–water partition coefficient (Wildman–Crippen LogP) is 5.61. The lowest BCUT2D eigenvalue weighted by molar-refractivity contribution is -0.142. The van der Waals surface area contributed by atoms with E-state index < -0.39 is 18.1 Å². The molecule has 0 unspecified atom stereocenters. The zero-order valence-corrected chi connectivity index (χ0v) is 32.9. The molecule has 1 aliphatic heterocycles. The van der Waals surface area contributed by atoms with E-state index in [1.807, 2.05) is 48.7 Å². The number of hydrogen-bond donors (Lipinski definition) is 6. The van der Waals surface area contributed by atoms with E-state index in [0.29, 0.717) is 56.8 Å². The molecule has 0 saturated carbocycles. The highest BCUT2D eigenvalue weighted by Gasteiger charge is 2.34. The van der Waals surface area contributed by atoms with Gasteiger partial charge in [-0.3, -0.25) is 14.4 Å². The summed E-state index contributed by atoms with van der Waals surface area (Å²) >= 11 is 8.56. The van der Waals surface area contributed by atoms with Crippen LogP contribution in [0.5, 0.6) is 0 Å². The molecule has 6 rings (SSSR count). The number of benzene rings is 2. The lowest BCUT2D eigenvalue weighted by Crippen LogP contribution is -2.57. The van der Waals surface area contributed by atoms with Gasteiger partial charge >= 0.3 is 0 Å². The van der Waals surface area contributed by atoms with Crippen LogP contribution < -0.4 is 27.4 Å². The number of nitrogens with two attached hydrogens (primary N) is 2. The Kier molecular flexibility index (Phi) is 14.2. The van der Waals surface area contributed by atoms with Gasteiger partial charge in [-0.25, -0.2) is 4.98 Å². The fourth-order valence-corrected chi connectivity index (χ4v) is 8.54. The van der Waals surface area contributed by atoms with Crippen molar-refractivity contribution in [3.63, 3.8) is 0 Å². The number of amides is 3. The van der Waals surface area contributed by atoms with Crippen LogP contribution in [-0.2, 0) is 33.9 Å². The van der Waals surface area contributed by atoms with Crippen LogP contribution in [0.25, 0.3) is 16.5 Å². The van der Waals surface area contributed by atoms with E-state index in [1.54, 1.807) is 13.2 Å². The molecule has 55 heavy (non-hydrogen) atoms. The second-order valence-electron chi connectivity index (χ2n) is 14.1. The Labute approximate surface area is 332 Å². The molecule has 3 amide bonds. The van der Waals surface area contributed by atoms with Crippen LogP contribution in [0.3, 0.4) is 0 Å². The average Bonchev–Trinajstić information content (AvgIpc) is 3.62. The molecule has 2 aliphatic rings. The fraction of sp³-hybridized carbons (Fsp3) is 0.381. The van der Waals surface area contributed by atoms with Crippen molar-refractivity contribution in [1.82, 2.24) is 30.8 Å². The summed E-state index contributed by atoms with van der Waals surface area (Å²) in [5, 5.41) is 11.9. The summed E-state index contributed by atoms with van der Waals surface area (Å²) in [4.78, 5) is 53.4. The molecule has 290 valence electrons. The van der Waals surface area contributed by atoms with Gasteiger partial charge in [0.2, 0.25) is 17.7 Å². The highest BCUT2D eigenvalue weighted by Crippen LogP contribution is 2.40. The molecule has 11 nitrogen and oxygen atoms in total. The molecular weight excluding hydrogens is 732 g/mol. The number of likely N-dealkylation sites (N-methyl/N-ethyl adjacent to an activating group) is 1. The Balaban J connectivity index is 1.43. The van der Waals surface area contributed by atoms with Gasteiger partial charge in [0.05, 0.1) is 11.1 Å². The van der Waals surface area contributed by atoms with Crippen LogP contribution in [0.2, 0.25) is 5.02 Å². The first kappa shape index (κ1) is 40.2. The zero-order chi connectivity index (χ0) is 38.7. The quantitative estimate of drug-likeness (QED) is 0.113. The average molecular weight is 783 g/mol. The second kappa shape index (κ2) is 19.4. The molecule has 13 heteroatoms. The molecule has 1 aliphatic carbocycles. The molecule has 8 N–H and O–H groups in total. The van der Waals surface area contributed by atoms with Gasteiger partial charge in [-0.05, 0) is 110 Å². The third kappa shape index (κ3) is 10.1. The van der Waals surface area contributed by atoms with Crippen LogP contribution in [0.15, 0.2) is 89.1 Å². The number of aromatic amines is 1. The van der Waals surface area contributed by atoms with Crippen molar-refractivity contribution in [3.8, 4) is 0 Å². The zero-order valence-electron chi connectivity index (χ0n) is 31.3. The number of nitrogens with zero attached hydrogens (tertiary/aromatic N) is 2. The minimum atomic E-state index is -0.897. The number of carbonyl (C=O) groups excluding carboxylic acids is 3. The number of aromatic nitrogens is 2. The van der Waals surface area contributed by atoms with Crippen molar-refractivity contribution in [2.45, 2.75) is 92.5 Å². The van der Waals surface area contributed by atoms with Crippen LogP contribution in [0.4, 0.5) is 0 Å². The molecule has 4 aromatic rings. The fourth-order valence-electron chi connectivity index (χ4n) is 7.19. The minimum absolute atomic E-state index is 0.169. The van der Waals surface area contributed by atoms with Gasteiger partial charge in [0, 0.05) is 54.8 Å². The van der Waals surface area contributed by atoms with Gasteiger partial charge in [-0.1, -0.05) is 65.9 Å². The number of rotatable bonds is 10. The van der Waals surface area contributed by atoms with E-state index in [4.69, 9.17) is 28.1 Å². The topological polar surface area (TPSA) is 171 Å². The van der Waals surface area contributed by atoms with Gasteiger partial charge in [0.15, 0.2) is 0 Å². The molecule has 0 radical (unpaired) electrons. The van der Waals surface area contributed by atoms with Gasteiger partial charge in [0.1, 0.15) is 17.1 Å². The van der Waals surface area contributed by atoms with E-state index in [-0.39, 0.29) is 30.7 Å². The number of pyridine rings is 1. The van der Waals surface area contributed by atoms with E-state index >= 15 is 0 Å². The van der Waals surface area contributed by atoms with Crippen molar-refractivity contribution in [2.24, 2.45) is 11.5 Å². The van der Waals surface area contributed by atoms with Crippen molar-refractivity contribution in [3.05, 3.63) is 106 Å². The molecule has 0 bridgehead atoms. The lowest BCUT2D eigenvalue weighted by atomic mass is 9.96. The summed E-state index contributed by atoms with van der Waals surface area (Å²) in [6, 6.07) is 13.4. The normalized spacial score (nSPS) is 20.0. The number of fused-ring (bicyclic) bond motifs is 3. The van der Waals surface area contributed by atoms with Crippen LogP contribution in [0.1, 0.15) is 67.2 Å². The Bertz CT molecular complexity index is 2050. The molecule has 0 saturated heterocycles. The van der Waals surface area contributed by atoms with Crippen LogP contribution in [-0.4, -0.2) is 70.9 Å². The summed E-state index contributed by atoms with van der Waals surface area (Å²) in [6.07, 6.45) is 14.8. The third-order valence-electron chi connectivity index (χ3n) is 10.3. The molecule has 2 aromatic carbocycles. The van der Waals surface area contributed by atoms with Gasteiger partial charge < -0.3 is 37.3 Å². The number of carbonyl (C=O) groups is 3. The van der Waals surface area contributed by atoms with E-state index in [2.05, 4.69) is 45.2 Å². The third-order valence-corrected chi connectivity index (χ3v) is 12.0. The smallest absolute Gasteiger partial charge is 0.245 e. The summed E-state index contributed by atoms with van der Waals surface area (Å²) in [6.45, 7) is 1.39. The Morgan fingerprint density at radius 1 is 0.945 bits per heavy atom. The van der Waals surface area contributed by atoms with E-state index in [0.717, 1.165) is 55.9 Å². The first-order valence-electron chi connectivity index (χ1n) is 19.1. The van der Waals surface area contributed by atoms with Gasteiger partial charge in [0.25, 0.3) is 0 Å². The number of nitrogens with one attached hydrogen (secondary N) is 4. The van der Waals surface area contributed by atoms with Crippen LogP contribution in [0, 0.1) is 0 Å². The van der Waals surface area contributed by atoms with Gasteiger partial charge in [-0.15, -0.1) is 0 Å². The van der Waals surface area contributed by atoms with Crippen molar-refractivity contribution < 1.29 is 14.4 Å². The largest absolute Gasteiger partial charge is 0.361 e. The molecule has 0 spiro atoms. The number of H-pyrrole nitrogens is 1. The number of allylic oxidation sites excluding steroid dienone is 4. The number of para-hydroxylation sites is 1. The van der Waals surface area contributed by atoms with E-state index in [1.165, 1.54) is 22.2 Å². The maximum absolute atomic E-state index is 14.5. The van der Waals surface area contributed by atoms with Crippen molar-refractivity contribution in [2.75, 3.05) is 20.1 Å². The Morgan fingerprint density at radius 3 is 2.56 bits per heavy atom. The molecule has 3 atom stereocenters. The maximum atomic E-state index is 14.5. The summed E-state index contributed by atoms with van der Waals surface area (Å²) in [5.41, 5.74) is 17.5. The maximum Gasteiger partial charge on any atom is 0.245 e. The van der Waals surface area contributed by atoms with Crippen molar-refractivity contribution >= 4 is 57.6 Å². The number of halogens is 1. The highest BCUT2D eigenvalue weighted by molar-refractivity contribution is 7.99. The van der Waals surface area contributed by atoms with Crippen molar-refractivity contribution in [1.29, 1.82) is 0 Å². The van der Waals surface area contributed by atoms with E-state index in [9.17, 15) is 14.4 Å². The molecule has 2 aromatic heterocycles. The summed E-state index contributed by atoms with van der Waals surface area (Å²) in [7, 11) is 1.64. The Morgan fingerprint density at radius 2 is 1.76 bits per heavy atom. The number of hydrogen-bond acceptors (Lipinski definition) is 8. The summed E-state index contributed by atoms with van der Waals surface area (Å²) in [5.74, 6) is -0.975. The minimum Gasteiger partial charge on any atom is -0.361 e. The second-order valence-corrected chi connectivity index (χ2v) is 15.5. The Hall–Kier alpha value is -4.46. The lowest BCUT2D eigenvalue weighted by Gasteiger charge is -2.32. The SMILES string of the molecule is CN1C(=O)[C@H](CCCCN)NC(=O)[C@H](CCCN)NCc2cccnc2Sc2c(Cl)cc(C3=CC=CCC3)cc2CNC(=O)[C@@H]1Cc1c[nH]c2ccccc12. The number of unbranched alkanes of at least 4 members (excludes halogenated alkanes) is 1. The first-order chi connectivity index (χ1) is 26.8. The molecule has 3 heterocycles. The highest BCUT2D eigenvalue weighted by atomic mass is 35.5. The standard InChI is InChI=1S/C42H51ClN8O3S/c1-51-37(23-30-25-47-34-15-6-5-14-32(30)34)40(53)49-26-31-21-29(27-11-3-2-4-12-27)22-33(43)38(31)55-41-28(13-10-20-46-41)24-48-35(17-9-19-45)39(52)50-36(42(51)54)16-7-8-18-44/h2-3,5-6,10-11,13-15,20-22,25,35-37,47-48H,4,7-9,12,16-19,23-24,26,44-45H2,1H3,(H,49,53)(H,50,52)/t35-,36-,37-/m0/s1. The monoisotopic (exact) mass is 782 g/mol.